The van der Waals surface area contributed by atoms with Gasteiger partial charge in [-0.15, -0.1) is 11.3 Å². The molecule has 4 rings (SSSR count). The van der Waals surface area contributed by atoms with Crippen LogP contribution in [0.2, 0.25) is 0 Å². The Morgan fingerprint density at radius 2 is 1.53 bits per heavy atom. The van der Waals surface area contributed by atoms with E-state index >= 15 is 0 Å². The number of phenols is 1. The van der Waals surface area contributed by atoms with Gasteiger partial charge in [-0.2, -0.15) is 0 Å². The first kappa shape index (κ1) is 23.2. The standard InChI is InChI=1S/C27H25N3O3S/c1-18(31)29-23(16-19-12-14-22(32)15-13-19)27(33)28-17-24-30-25(20-8-4-2-5-9-20)26(34-24)21-10-6-3-7-11-21/h2-15,23,32H,16-17H2,1H3,(H,28,33)(H,29,31). The Hall–Kier alpha value is -3.97. The molecule has 2 amide bonds. The molecule has 0 aliphatic rings. The van der Waals surface area contributed by atoms with Crippen molar-refractivity contribution in [1.82, 2.24) is 15.6 Å². The number of aromatic nitrogens is 1. The zero-order valence-corrected chi connectivity index (χ0v) is 19.5. The SMILES string of the molecule is CC(=O)NC(Cc1ccc(O)cc1)C(=O)NCc1nc(-c2ccccc2)c(-c2ccccc2)s1. The highest BCUT2D eigenvalue weighted by molar-refractivity contribution is 7.15. The van der Waals surface area contributed by atoms with E-state index in [1.54, 1.807) is 24.3 Å². The molecule has 34 heavy (non-hydrogen) atoms. The average molecular weight is 472 g/mol. The number of benzene rings is 3. The fraction of sp³-hybridized carbons (Fsp3) is 0.148. The third kappa shape index (κ3) is 5.88. The van der Waals surface area contributed by atoms with E-state index in [9.17, 15) is 14.7 Å². The molecule has 1 unspecified atom stereocenters. The molecule has 3 aromatic carbocycles. The normalized spacial score (nSPS) is 11.6. The molecule has 0 radical (unpaired) electrons. The van der Waals surface area contributed by atoms with Gasteiger partial charge in [-0.05, 0) is 23.3 Å². The van der Waals surface area contributed by atoms with Gasteiger partial charge in [-0.25, -0.2) is 4.98 Å². The van der Waals surface area contributed by atoms with Crippen molar-refractivity contribution >= 4 is 23.2 Å². The molecule has 172 valence electrons. The first-order chi connectivity index (χ1) is 16.5. The Balaban J connectivity index is 1.53. The summed E-state index contributed by atoms with van der Waals surface area (Å²) >= 11 is 1.54. The maximum Gasteiger partial charge on any atom is 0.243 e. The molecule has 7 heteroatoms. The second-order valence-electron chi connectivity index (χ2n) is 7.86. The molecule has 0 aliphatic carbocycles. The van der Waals surface area contributed by atoms with Gasteiger partial charge in [-0.1, -0.05) is 72.8 Å². The molecule has 0 saturated carbocycles. The monoisotopic (exact) mass is 471 g/mol. The summed E-state index contributed by atoms with van der Waals surface area (Å²) in [6, 6.07) is 25.9. The van der Waals surface area contributed by atoms with E-state index < -0.39 is 6.04 Å². The number of carbonyl (C=O) groups is 2. The van der Waals surface area contributed by atoms with Crippen LogP contribution in [0, 0.1) is 0 Å². The molecule has 1 heterocycles. The average Bonchev–Trinajstić information content (AvgIpc) is 3.29. The Kier molecular flexibility index (Phi) is 7.34. The summed E-state index contributed by atoms with van der Waals surface area (Å²) < 4.78 is 0. The second kappa shape index (κ2) is 10.8. The zero-order valence-electron chi connectivity index (χ0n) is 18.7. The number of hydrogen-bond donors (Lipinski definition) is 3. The van der Waals surface area contributed by atoms with E-state index in [-0.39, 0.29) is 24.1 Å². The van der Waals surface area contributed by atoms with E-state index in [0.29, 0.717) is 6.42 Å². The van der Waals surface area contributed by atoms with E-state index in [1.165, 1.54) is 18.3 Å². The predicted molar refractivity (Wildman–Crippen MR) is 134 cm³/mol. The van der Waals surface area contributed by atoms with Crippen LogP contribution in [0.1, 0.15) is 17.5 Å². The number of aromatic hydroxyl groups is 1. The molecular formula is C27H25N3O3S. The maximum absolute atomic E-state index is 13.0. The van der Waals surface area contributed by atoms with Gasteiger partial charge in [0.2, 0.25) is 11.8 Å². The van der Waals surface area contributed by atoms with Crippen LogP contribution in [0.5, 0.6) is 5.75 Å². The summed E-state index contributed by atoms with van der Waals surface area (Å²) in [6.07, 6.45) is 0.314. The summed E-state index contributed by atoms with van der Waals surface area (Å²) in [6.45, 7) is 1.64. The molecule has 1 atom stereocenters. The fourth-order valence-corrected chi connectivity index (χ4v) is 4.66. The van der Waals surface area contributed by atoms with Gasteiger partial charge in [0, 0.05) is 18.9 Å². The summed E-state index contributed by atoms with van der Waals surface area (Å²) in [5.41, 5.74) is 3.79. The van der Waals surface area contributed by atoms with E-state index in [2.05, 4.69) is 10.6 Å². The number of amides is 2. The summed E-state index contributed by atoms with van der Waals surface area (Å²) in [5.74, 6) is -0.427. The lowest BCUT2D eigenvalue weighted by Gasteiger charge is -2.17. The molecule has 4 aromatic rings. The van der Waals surface area contributed by atoms with Crippen LogP contribution in [-0.4, -0.2) is 27.9 Å². The fourth-order valence-electron chi connectivity index (χ4n) is 3.63. The molecule has 0 spiro atoms. The lowest BCUT2D eigenvalue weighted by atomic mass is 10.0. The van der Waals surface area contributed by atoms with Crippen molar-refractivity contribution in [2.45, 2.75) is 25.9 Å². The number of rotatable bonds is 8. The zero-order chi connectivity index (χ0) is 23.9. The maximum atomic E-state index is 13.0. The number of hydrogen-bond acceptors (Lipinski definition) is 5. The van der Waals surface area contributed by atoms with Crippen LogP contribution in [0.4, 0.5) is 0 Å². The van der Waals surface area contributed by atoms with Crippen molar-refractivity contribution in [1.29, 1.82) is 0 Å². The van der Waals surface area contributed by atoms with Crippen molar-refractivity contribution in [3.8, 4) is 27.4 Å². The van der Waals surface area contributed by atoms with Crippen LogP contribution in [0.15, 0.2) is 84.9 Å². The molecule has 3 N–H and O–H groups in total. The Morgan fingerprint density at radius 1 is 0.912 bits per heavy atom. The number of nitrogens with one attached hydrogen (secondary N) is 2. The third-order valence-corrected chi connectivity index (χ3v) is 6.34. The molecule has 0 bridgehead atoms. The second-order valence-corrected chi connectivity index (χ2v) is 8.94. The topological polar surface area (TPSA) is 91.3 Å². The van der Waals surface area contributed by atoms with Gasteiger partial charge in [0.1, 0.15) is 16.8 Å². The van der Waals surface area contributed by atoms with E-state index in [4.69, 9.17) is 4.98 Å². The molecule has 0 aliphatic heterocycles. The molecule has 6 nitrogen and oxygen atoms in total. The molecule has 1 aromatic heterocycles. The van der Waals surface area contributed by atoms with E-state index in [1.807, 2.05) is 60.7 Å². The Bertz CT molecular complexity index is 1200. The number of thiazole rings is 1. The van der Waals surface area contributed by atoms with Gasteiger partial charge < -0.3 is 15.7 Å². The first-order valence-electron chi connectivity index (χ1n) is 10.9. The van der Waals surface area contributed by atoms with Gasteiger partial charge in [0.15, 0.2) is 0 Å². The summed E-state index contributed by atoms with van der Waals surface area (Å²) in [7, 11) is 0. The van der Waals surface area contributed by atoms with Gasteiger partial charge in [0.25, 0.3) is 0 Å². The predicted octanol–water partition coefficient (Wildman–Crippen LogP) is 4.55. The highest BCUT2D eigenvalue weighted by Crippen LogP contribution is 2.36. The quantitative estimate of drug-likeness (QED) is 0.352. The Morgan fingerprint density at radius 3 is 2.15 bits per heavy atom. The number of phenolic OH excluding ortho intramolecular Hbond substituents is 1. The van der Waals surface area contributed by atoms with Gasteiger partial charge in [0.05, 0.1) is 17.1 Å². The number of nitrogens with zero attached hydrogens (tertiary/aromatic N) is 1. The summed E-state index contributed by atoms with van der Waals surface area (Å²) in [5, 5.41) is 15.9. The highest BCUT2D eigenvalue weighted by atomic mass is 32.1. The van der Waals surface area contributed by atoms with Crippen molar-refractivity contribution in [3.63, 3.8) is 0 Å². The molecule has 0 fully saturated rings. The van der Waals surface area contributed by atoms with E-state index in [0.717, 1.165) is 32.3 Å². The molecule has 0 saturated heterocycles. The Labute approximate surface area is 202 Å². The van der Waals surface area contributed by atoms with Crippen LogP contribution in [0.25, 0.3) is 21.7 Å². The highest BCUT2D eigenvalue weighted by Gasteiger charge is 2.21. The van der Waals surface area contributed by atoms with Crippen molar-refractivity contribution in [2.24, 2.45) is 0 Å². The first-order valence-corrected chi connectivity index (χ1v) is 11.7. The number of carbonyl (C=O) groups excluding carboxylic acids is 2. The van der Waals surface area contributed by atoms with Crippen molar-refractivity contribution in [2.75, 3.05) is 0 Å². The lowest BCUT2D eigenvalue weighted by Crippen LogP contribution is -2.47. The smallest absolute Gasteiger partial charge is 0.243 e. The largest absolute Gasteiger partial charge is 0.508 e. The van der Waals surface area contributed by atoms with Crippen LogP contribution < -0.4 is 10.6 Å². The van der Waals surface area contributed by atoms with Gasteiger partial charge in [-0.3, -0.25) is 9.59 Å². The van der Waals surface area contributed by atoms with Crippen molar-refractivity contribution < 1.29 is 14.7 Å². The molecular weight excluding hydrogens is 446 g/mol. The van der Waals surface area contributed by atoms with Crippen LogP contribution >= 0.6 is 11.3 Å². The minimum absolute atomic E-state index is 0.150. The summed E-state index contributed by atoms with van der Waals surface area (Å²) in [4.78, 5) is 30.5. The van der Waals surface area contributed by atoms with Gasteiger partial charge >= 0.3 is 0 Å². The van der Waals surface area contributed by atoms with Crippen molar-refractivity contribution in [3.05, 3.63) is 95.5 Å². The minimum atomic E-state index is -0.732. The van der Waals surface area contributed by atoms with Crippen LogP contribution in [-0.2, 0) is 22.6 Å². The lowest BCUT2D eigenvalue weighted by molar-refractivity contribution is -0.128. The third-order valence-electron chi connectivity index (χ3n) is 5.24. The van der Waals surface area contributed by atoms with Crippen LogP contribution in [0.3, 0.4) is 0 Å². The minimum Gasteiger partial charge on any atom is -0.508 e.